The van der Waals surface area contributed by atoms with E-state index in [0.29, 0.717) is 5.56 Å². The van der Waals surface area contributed by atoms with Crippen molar-refractivity contribution in [2.75, 3.05) is 0 Å². The monoisotopic (exact) mass is 184 g/mol. The normalized spacial score (nSPS) is 9.92. The summed E-state index contributed by atoms with van der Waals surface area (Å²) in [5, 5.41) is 10.5. The van der Waals surface area contributed by atoms with Crippen LogP contribution in [-0.2, 0) is 0 Å². The van der Waals surface area contributed by atoms with Gasteiger partial charge in [0.2, 0.25) is 0 Å². The highest BCUT2D eigenvalue weighted by molar-refractivity contribution is 6.32. The minimum absolute atomic E-state index is 0.0905. The average Bonchev–Trinajstić information content (AvgIpc) is 1.96. The molecule has 1 aromatic carbocycles. The summed E-state index contributed by atoms with van der Waals surface area (Å²) in [6.45, 7) is 5.44. The molecule has 0 unspecified atom stereocenters. The van der Waals surface area contributed by atoms with Crippen molar-refractivity contribution >= 4 is 17.3 Å². The molecule has 1 rings (SSSR count). The van der Waals surface area contributed by atoms with E-state index in [4.69, 9.17) is 11.6 Å². The minimum Gasteiger partial charge on any atom is -0.258 e. The lowest BCUT2D eigenvalue weighted by Gasteiger charge is -2.00. The van der Waals surface area contributed by atoms with Gasteiger partial charge in [-0.1, -0.05) is 11.6 Å². The van der Waals surface area contributed by atoms with Gasteiger partial charge in [0.1, 0.15) is 5.02 Å². The molecule has 3 nitrogen and oxygen atoms in total. The largest absolute Gasteiger partial charge is 0.288 e. The van der Waals surface area contributed by atoms with Crippen molar-refractivity contribution < 1.29 is 4.92 Å². The van der Waals surface area contributed by atoms with E-state index in [0.717, 1.165) is 5.56 Å². The fourth-order valence-electron chi connectivity index (χ4n) is 0.844. The Labute approximate surface area is 75.1 Å². The maximum absolute atomic E-state index is 10.4. The topological polar surface area (TPSA) is 43.1 Å². The van der Waals surface area contributed by atoms with Crippen molar-refractivity contribution in [1.29, 1.82) is 0 Å². The van der Waals surface area contributed by atoms with Gasteiger partial charge < -0.3 is 0 Å². The number of benzene rings is 1. The zero-order valence-electron chi connectivity index (χ0n) is 6.50. The Kier molecular flexibility index (Phi) is 2.33. The number of halogens is 1. The lowest BCUT2D eigenvalue weighted by atomic mass is 10.1. The van der Waals surface area contributed by atoms with E-state index in [2.05, 4.69) is 6.92 Å². The number of nitro groups is 1. The predicted octanol–water partition coefficient (Wildman–Crippen LogP) is 2.74. The Morgan fingerprint density at radius 3 is 2.67 bits per heavy atom. The molecule has 63 valence electrons. The second-order valence-electron chi connectivity index (χ2n) is 2.49. The lowest BCUT2D eigenvalue weighted by Crippen LogP contribution is -1.91. The van der Waals surface area contributed by atoms with Crippen molar-refractivity contribution in [2.45, 2.75) is 6.92 Å². The van der Waals surface area contributed by atoms with Crippen molar-refractivity contribution in [2.24, 2.45) is 0 Å². The summed E-state index contributed by atoms with van der Waals surface area (Å²) in [7, 11) is 0. The van der Waals surface area contributed by atoms with E-state index >= 15 is 0 Å². The molecular weight excluding hydrogens is 178 g/mol. The maximum Gasteiger partial charge on any atom is 0.288 e. The first-order valence-corrected chi connectivity index (χ1v) is 3.66. The summed E-state index contributed by atoms with van der Waals surface area (Å²) in [6.07, 6.45) is 0. The van der Waals surface area contributed by atoms with Crippen molar-refractivity contribution in [3.8, 4) is 0 Å². The van der Waals surface area contributed by atoms with Gasteiger partial charge in [-0.05, 0) is 31.0 Å². The van der Waals surface area contributed by atoms with E-state index in [1.54, 1.807) is 13.0 Å². The Morgan fingerprint density at radius 2 is 2.17 bits per heavy atom. The summed E-state index contributed by atoms with van der Waals surface area (Å²) in [6, 6.07) is 2.92. The molecule has 0 N–H and O–H groups in total. The molecule has 12 heavy (non-hydrogen) atoms. The van der Waals surface area contributed by atoms with Gasteiger partial charge >= 0.3 is 0 Å². The number of nitrogens with zero attached hydrogens (tertiary/aromatic N) is 1. The number of rotatable bonds is 1. The second-order valence-corrected chi connectivity index (χ2v) is 2.89. The van der Waals surface area contributed by atoms with Crippen LogP contribution in [0.15, 0.2) is 12.1 Å². The number of hydrogen-bond donors (Lipinski definition) is 0. The zero-order valence-corrected chi connectivity index (χ0v) is 7.26. The SMILES string of the molecule is [CH2]c1cc([N+](=O)[O-])c(Cl)cc1C. The molecule has 0 bridgehead atoms. The molecule has 0 aliphatic heterocycles. The molecule has 0 amide bonds. The van der Waals surface area contributed by atoms with Gasteiger partial charge in [0.15, 0.2) is 0 Å². The van der Waals surface area contributed by atoms with Crippen LogP contribution in [0.5, 0.6) is 0 Å². The van der Waals surface area contributed by atoms with E-state index in [9.17, 15) is 10.1 Å². The highest BCUT2D eigenvalue weighted by Crippen LogP contribution is 2.26. The smallest absolute Gasteiger partial charge is 0.258 e. The average molecular weight is 185 g/mol. The van der Waals surface area contributed by atoms with Crippen LogP contribution >= 0.6 is 11.6 Å². The van der Waals surface area contributed by atoms with Crippen molar-refractivity contribution in [3.63, 3.8) is 0 Å². The van der Waals surface area contributed by atoms with Crippen LogP contribution < -0.4 is 0 Å². The Balaban J connectivity index is 3.33. The van der Waals surface area contributed by atoms with Crippen LogP contribution in [0.3, 0.4) is 0 Å². The molecule has 4 heteroatoms. The van der Waals surface area contributed by atoms with E-state index in [-0.39, 0.29) is 10.7 Å². The third-order valence-electron chi connectivity index (χ3n) is 1.60. The molecule has 1 radical (unpaired) electrons. The molecule has 0 saturated carbocycles. The van der Waals surface area contributed by atoms with Gasteiger partial charge in [-0.3, -0.25) is 10.1 Å². The minimum atomic E-state index is -0.517. The summed E-state index contributed by atoms with van der Waals surface area (Å²) in [5.74, 6) is 0. The predicted molar refractivity (Wildman–Crippen MR) is 47.3 cm³/mol. The fourth-order valence-corrected chi connectivity index (χ4v) is 1.13. The first-order chi connectivity index (χ1) is 5.52. The molecule has 0 saturated heterocycles. The fraction of sp³-hybridized carbons (Fsp3) is 0.125. The van der Waals surface area contributed by atoms with E-state index in [1.807, 2.05) is 0 Å². The Hall–Kier alpha value is -1.09. The molecule has 0 heterocycles. The molecule has 0 atom stereocenters. The molecule has 0 aliphatic carbocycles. The molecular formula is C8H7ClNO2. The lowest BCUT2D eigenvalue weighted by molar-refractivity contribution is -0.384. The van der Waals surface area contributed by atoms with Crippen LogP contribution in [0.2, 0.25) is 5.02 Å². The molecule has 1 aromatic rings. The van der Waals surface area contributed by atoms with Gasteiger partial charge in [0.25, 0.3) is 5.69 Å². The third kappa shape index (κ3) is 1.56. The third-order valence-corrected chi connectivity index (χ3v) is 1.90. The van der Waals surface area contributed by atoms with Crippen LogP contribution in [0, 0.1) is 24.0 Å². The summed E-state index contributed by atoms with van der Waals surface area (Å²) < 4.78 is 0. The molecule has 0 aromatic heterocycles. The van der Waals surface area contributed by atoms with Crippen molar-refractivity contribution in [1.82, 2.24) is 0 Å². The summed E-state index contributed by atoms with van der Waals surface area (Å²) in [5.41, 5.74) is 1.39. The number of hydrogen-bond acceptors (Lipinski definition) is 2. The van der Waals surface area contributed by atoms with Gasteiger partial charge in [-0.2, -0.15) is 0 Å². The highest BCUT2D eigenvalue weighted by Gasteiger charge is 2.12. The maximum atomic E-state index is 10.4. The van der Waals surface area contributed by atoms with Crippen LogP contribution in [-0.4, -0.2) is 4.92 Å². The molecule has 0 spiro atoms. The van der Waals surface area contributed by atoms with Crippen molar-refractivity contribution in [3.05, 3.63) is 45.3 Å². The summed E-state index contributed by atoms with van der Waals surface area (Å²) >= 11 is 5.63. The van der Waals surface area contributed by atoms with Crippen LogP contribution in [0.1, 0.15) is 11.1 Å². The molecule has 0 aliphatic rings. The number of aryl methyl sites for hydroxylation is 1. The highest BCUT2D eigenvalue weighted by atomic mass is 35.5. The first-order valence-electron chi connectivity index (χ1n) is 3.29. The zero-order chi connectivity index (χ0) is 9.30. The summed E-state index contributed by atoms with van der Waals surface area (Å²) in [4.78, 5) is 9.86. The van der Waals surface area contributed by atoms with Gasteiger partial charge in [-0.25, -0.2) is 0 Å². The van der Waals surface area contributed by atoms with E-state index < -0.39 is 4.92 Å². The van der Waals surface area contributed by atoms with Gasteiger partial charge in [-0.15, -0.1) is 0 Å². The first kappa shape index (κ1) is 9.00. The van der Waals surface area contributed by atoms with Crippen LogP contribution in [0.25, 0.3) is 0 Å². The second kappa shape index (κ2) is 3.11. The van der Waals surface area contributed by atoms with Gasteiger partial charge in [0, 0.05) is 6.07 Å². The number of nitro benzene ring substituents is 1. The van der Waals surface area contributed by atoms with Gasteiger partial charge in [0.05, 0.1) is 4.92 Å². The van der Waals surface area contributed by atoms with E-state index in [1.165, 1.54) is 6.07 Å². The quantitative estimate of drug-likeness (QED) is 0.498. The van der Waals surface area contributed by atoms with Crippen LogP contribution in [0.4, 0.5) is 5.69 Å². The Morgan fingerprint density at radius 1 is 1.58 bits per heavy atom. The standard InChI is InChI=1S/C8H7ClNO2/c1-5-3-7(9)8(10(11)12)4-6(5)2/h3-4H,2H2,1H3. The molecule has 0 fully saturated rings. The Bertz CT molecular complexity index is 336.